The Balaban J connectivity index is 1.98. The minimum Gasteiger partial charge on any atom is -0.388 e. The Morgan fingerprint density at radius 3 is 2.61 bits per heavy atom. The fourth-order valence-corrected chi connectivity index (χ4v) is 2.11. The van der Waals surface area contributed by atoms with Crippen LogP contribution in [0.1, 0.15) is 28.4 Å². The predicted molar refractivity (Wildman–Crippen MR) is 81.4 cm³/mol. The first-order valence-electron chi connectivity index (χ1n) is 6.94. The molecule has 0 aliphatic carbocycles. The number of hydrogen-bond acceptors (Lipinski definition) is 4. The second kappa shape index (κ2) is 7.46. The Kier molecular flexibility index (Phi) is 5.37. The minimum atomic E-state index is -0.765. The molecule has 2 rings (SSSR count). The van der Waals surface area contributed by atoms with Gasteiger partial charge in [-0.3, -0.25) is 14.9 Å². The van der Waals surface area contributed by atoms with Crippen molar-refractivity contribution in [2.75, 3.05) is 6.54 Å². The second-order valence-electron chi connectivity index (χ2n) is 4.89. The SMILES string of the molecule is O=C(NCCC(O)c1ccccc1)c1cc(F)ccc1[N+](=O)[O-]. The Morgan fingerprint density at radius 1 is 1.26 bits per heavy atom. The summed E-state index contributed by atoms with van der Waals surface area (Å²) in [6, 6.07) is 11.6. The van der Waals surface area contributed by atoms with E-state index in [0.717, 1.165) is 18.2 Å². The minimum absolute atomic E-state index is 0.0998. The molecule has 7 heteroatoms. The number of amides is 1. The largest absolute Gasteiger partial charge is 0.388 e. The molecule has 2 N–H and O–H groups in total. The zero-order valence-corrected chi connectivity index (χ0v) is 12.1. The van der Waals surface area contributed by atoms with Crippen molar-refractivity contribution in [2.45, 2.75) is 12.5 Å². The first-order chi connectivity index (χ1) is 11.0. The number of hydrogen-bond donors (Lipinski definition) is 2. The smallest absolute Gasteiger partial charge is 0.282 e. The molecule has 1 amide bonds. The lowest BCUT2D eigenvalue weighted by Gasteiger charge is -2.11. The average Bonchev–Trinajstić information content (AvgIpc) is 2.55. The van der Waals surface area contributed by atoms with Crippen LogP contribution in [0.25, 0.3) is 0 Å². The summed E-state index contributed by atoms with van der Waals surface area (Å²) in [6.45, 7) is 0.0998. The normalized spacial score (nSPS) is 11.7. The number of rotatable bonds is 6. The van der Waals surface area contributed by atoms with E-state index in [1.54, 1.807) is 24.3 Å². The highest BCUT2D eigenvalue weighted by molar-refractivity contribution is 5.98. The predicted octanol–water partition coefficient (Wildman–Crippen LogP) is 2.59. The maximum absolute atomic E-state index is 13.2. The van der Waals surface area contributed by atoms with Crippen molar-refractivity contribution in [3.8, 4) is 0 Å². The highest BCUT2D eigenvalue weighted by Crippen LogP contribution is 2.20. The standard InChI is InChI=1S/C16H15FN2O4/c17-12-6-7-14(19(22)23)13(10-12)16(21)18-9-8-15(20)11-4-2-1-3-5-11/h1-7,10,15,20H,8-9H2,(H,18,21). The molecule has 120 valence electrons. The molecule has 0 saturated carbocycles. The Bertz CT molecular complexity index is 706. The number of nitrogens with one attached hydrogen (secondary N) is 1. The van der Waals surface area contributed by atoms with Gasteiger partial charge < -0.3 is 10.4 Å². The number of nitro groups is 1. The highest BCUT2D eigenvalue weighted by atomic mass is 19.1. The summed E-state index contributed by atoms with van der Waals surface area (Å²) in [6.07, 6.45) is -0.530. The Labute approximate surface area is 131 Å². The van der Waals surface area contributed by atoms with Crippen molar-refractivity contribution in [3.63, 3.8) is 0 Å². The van der Waals surface area contributed by atoms with Gasteiger partial charge in [0.25, 0.3) is 11.6 Å². The van der Waals surface area contributed by atoms with Crippen molar-refractivity contribution in [2.24, 2.45) is 0 Å². The first kappa shape index (κ1) is 16.6. The molecule has 1 unspecified atom stereocenters. The van der Waals surface area contributed by atoms with E-state index in [-0.39, 0.29) is 18.5 Å². The molecule has 6 nitrogen and oxygen atoms in total. The second-order valence-corrected chi connectivity index (χ2v) is 4.89. The molecule has 1 atom stereocenters. The monoisotopic (exact) mass is 318 g/mol. The summed E-state index contributed by atoms with van der Waals surface area (Å²) < 4.78 is 13.2. The molecule has 0 aromatic heterocycles. The third-order valence-electron chi connectivity index (χ3n) is 3.29. The van der Waals surface area contributed by atoms with Gasteiger partial charge in [0, 0.05) is 12.6 Å². The molecule has 0 aliphatic rings. The van der Waals surface area contributed by atoms with Gasteiger partial charge in [-0.05, 0) is 24.1 Å². The maximum atomic E-state index is 13.2. The van der Waals surface area contributed by atoms with Crippen LogP contribution in [-0.2, 0) is 0 Å². The molecule has 0 heterocycles. The first-order valence-corrected chi connectivity index (χ1v) is 6.94. The van der Waals surface area contributed by atoms with E-state index in [4.69, 9.17) is 0 Å². The van der Waals surface area contributed by atoms with Crippen LogP contribution in [0.5, 0.6) is 0 Å². The van der Waals surface area contributed by atoms with Crippen LogP contribution < -0.4 is 5.32 Å². The molecule has 0 spiro atoms. The topological polar surface area (TPSA) is 92.5 Å². The number of nitrogens with zero attached hydrogens (tertiary/aromatic N) is 1. The fraction of sp³-hybridized carbons (Fsp3) is 0.188. The van der Waals surface area contributed by atoms with Crippen LogP contribution in [0.3, 0.4) is 0 Å². The van der Waals surface area contributed by atoms with E-state index < -0.39 is 28.4 Å². The van der Waals surface area contributed by atoms with Gasteiger partial charge in [-0.25, -0.2) is 4.39 Å². The van der Waals surface area contributed by atoms with E-state index >= 15 is 0 Å². The molecule has 0 fully saturated rings. The number of benzene rings is 2. The fourth-order valence-electron chi connectivity index (χ4n) is 2.11. The van der Waals surface area contributed by atoms with Gasteiger partial charge in [0.15, 0.2) is 0 Å². The summed E-state index contributed by atoms with van der Waals surface area (Å²) in [5, 5.41) is 23.3. The van der Waals surface area contributed by atoms with Gasteiger partial charge in [0.05, 0.1) is 11.0 Å². The van der Waals surface area contributed by atoms with Gasteiger partial charge in [-0.2, -0.15) is 0 Å². The van der Waals surface area contributed by atoms with Crippen LogP contribution in [0, 0.1) is 15.9 Å². The zero-order valence-electron chi connectivity index (χ0n) is 12.1. The van der Waals surface area contributed by atoms with Gasteiger partial charge in [0.1, 0.15) is 11.4 Å². The number of nitro benzene ring substituents is 1. The highest BCUT2D eigenvalue weighted by Gasteiger charge is 2.20. The molecule has 0 bridgehead atoms. The van der Waals surface area contributed by atoms with Crippen LogP contribution in [0.15, 0.2) is 48.5 Å². The molecule has 0 radical (unpaired) electrons. The van der Waals surface area contributed by atoms with E-state index in [9.17, 15) is 24.4 Å². The summed E-state index contributed by atoms with van der Waals surface area (Å²) in [5.41, 5.74) is -0.102. The number of carbonyl (C=O) groups excluding carboxylic acids is 1. The van der Waals surface area contributed by atoms with Crippen LogP contribution in [-0.4, -0.2) is 22.5 Å². The Morgan fingerprint density at radius 2 is 1.96 bits per heavy atom. The lowest BCUT2D eigenvalue weighted by Crippen LogP contribution is -2.26. The van der Waals surface area contributed by atoms with E-state index in [1.165, 1.54) is 0 Å². The van der Waals surface area contributed by atoms with Gasteiger partial charge in [0.2, 0.25) is 0 Å². The van der Waals surface area contributed by atoms with Crippen LogP contribution in [0.2, 0.25) is 0 Å². The number of carbonyl (C=O) groups is 1. The Hall–Kier alpha value is -2.80. The molecule has 23 heavy (non-hydrogen) atoms. The molecule has 0 aliphatic heterocycles. The zero-order chi connectivity index (χ0) is 16.8. The molecule has 0 saturated heterocycles. The van der Waals surface area contributed by atoms with Crippen molar-refractivity contribution < 1.29 is 19.2 Å². The maximum Gasteiger partial charge on any atom is 0.282 e. The van der Waals surface area contributed by atoms with E-state index in [1.807, 2.05) is 6.07 Å². The summed E-state index contributed by atoms with van der Waals surface area (Å²) in [5.74, 6) is -1.48. The molecule has 2 aromatic rings. The summed E-state index contributed by atoms with van der Waals surface area (Å²) in [7, 11) is 0. The van der Waals surface area contributed by atoms with Crippen LogP contribution >= 0.6 is 0 Å². The van der Waals surface area contributed by atoms with E-state index in [2.05, 4.69) is 5.32 Å². The quantitative estimate of drug-likeness (QED) is 0.632. The molecular formula is C16H15FN2O4. The lowest BCUT2D eigenvalue weighted by atomic mass is 10.1. The number of aliphatic hydroxyl groups is 1. The van der Waals surface area contributed by atoms with Crippen molar-refractivity contribution >= 4 is 11.6 Å². The number of halogens is 1. The summed E-state index contributed by atoms with van der Waals surface area (Å²) >= 11 is 0. The third kappa shape index (κ3) is 4.33. The van der Waals surface area contributed by atoms with Crippen molar-refractivity contribution in [3.05, 3.63) is 75.6 Å². The van der Waals surface area contributed by atoms with Crippen LogP contribution in [0.4, 0.5) is 10.1 Å². The average molecular weight is 318 g/mol. The van der Waals surface area contributed by atoms with Crippen molar-refractivity contribution in [1.82, 2.24) is 5.32 Å². The molecule has 2 aromatic carbocycles. The van der Waals surface area contributed by atoms with E-state index in [0.29, 0.717) is 5.56 Å². The number of aliphatic hydroxyl groups excluding tert-OH is 1. The third-order valence-corrected chi connectivity index (χ3v) is 3.29. The van der Waals surface area contributed by atoms with Crippen molar-refractivity contribution in [1.29, 1.82) is 0 Å². The van der Waals surface area contributed by atoms with Gasteiger partial charge >= 0.3 is 0 Å². The van der Waals surface area contributed by atoms with Gasteiger partial charge in [-0.15, -0.1) is 0 Å². The molecular weight excluding hydrogens is 303 g/mol. The van der Waals surface area contributed by atoms with Gasteiger partial charge in [-0.1, -0.05) is 30.3 Å². The lowest BCUT2D eigenvalue weighted by molar-refractivity contribution is -0.385. The summed E-state index contributed by atoms with van der Waals surface area (Å²) in [4.78, 5) is 22.1.